The average molecular weight is 456 g/mol. The number of ketones is 1. The molecule has 0 saturated carbocycles. The number of hydrogen-bond acceptors (Lipinski definition) is 7. The zero-order chi connectivity index (χ0) is 24.7. The molecule has 0 spiro atoms. The number of esters is 2. The fraction of sp³-hybridized carbons (Fsp3) is 0.462. The van der Waals surface area contributed by atoms with Gasteiger partial charge in [0, 0.05) is 31.5 Å². The van der Waals surface area contributed by atoms with Crippen LogP contribution < -0.4 is 9.47 Å². The predicted molar refractivity (Wildman–Crippen MR) is 125 cm³/mol. The highest BCUT2D eigenvalue weighted by molar-refractivity contribution is 5.99. The van der Waals surface area contributed by atoms with Crippen LogP contribution in [0.2, 0.25) is 0 Å². The van der Waals surface area contributed by atoms with Gasteiger partial charge in [-0.3, -0.25) is 14.4 Å². The van der Waals surface area contributed by atoms with Crippen LogP contribution in [0, 0.1) is 18.8 Å². The summed E-state index contributed by atoms with van der Waals surface area (Å²) in [5, 5.41) is 0. The quantitative estimate of drug-likeness (QED) is 0.371. The van der Waals surface area contributed by atoms with E-state index in [4.69, 9.17) is 14.2 Å². The minimum atomic E-state index is -0.705. The van der Waals surface area contributed by atoms with E-state index >= 15 is 0 Å². The van der Waals surface area contributed by atoms with E-state index in [9.17, 15) is 14.4 Å². The molecule has 0 radical (unpaired) electrons. The van der Waals surface area contributed by atoms with E-state index in [-0.39, 0.29) is 41.6 Å². The Bertz CT molecular complexity index is 1000. The average Bonchev–Trinajstić information content (AvgIpc) is 2.73. The monoisotopic (exact) mass is 455 g/mol. The van der Waals surface area contributed by atoms with Crippen molar-refractivity contribution in [1.82, 2.24) is 4.98 Å². The predicted octanol–water partition coefficient (Wildman–Crippen LogP) is 4.90. The van der Waals surface area contributed by atoms with Crippen molar-refractivity contribution in [2.24, 2.45) is 11.8 Å². The van der Waals surface area contributed by atoms with Crippen molar-refractivity contribution in [2.75, 3.05) is 7.11 Å². The summed E-state index contributed by atoms with van der Waals surface area (Å²) in [6.45, 7) is 10.9. The van der Waals surface area contributed by atoms with Crippen LogP contribution in [0.25, 0.3) is 0 Å². The number of methoxy groups -OCH3 is 1. The molecule has 178 valence electrons. The molecule has 0 amide bonds. The molecule has 3 atom stereocenters. The Hall–Kier alpha value is -3.22. The molecule has 33 heavy (non-hydrogen) atoms. The third-order valence-electron chi connectivity index (χ3n) is 5.45. The molecule has 0 bridgehead atoms. The summed E-state index contributed by atoms with van der Waals surface area (Å²) in [4.78, 5) is 41.3. The molecule has 7 nitrogen and oxygen atoms in total. The van der Waals surface area contributed by atoms with E-state index in [2.05, 4.69) is 24.9 Å². The second-order valence-corrected chi connectivity index (χ2v) is 8.64. The Morgan fingerprint density at radius 3 is 2.33 bits per heavy atom. The third kappa shape index (κ3) is 6.88. The number of nitrogens with zero attached hydrogens (tertiary/aromatic N) is 1. The number of aromatic nitrogens is 1. The molecule has 0 aliphatic heterocycles. The van der Waals surface area contributed by atoms with Crippen LogP contribution in [0.3, 0.4) is 0 Å². The maximum absolute atomic E-state index is 12.9. The van der Waals surface area contributed by atoms with Gasteiger partial charge in [0.1, 0.15) is 6.10 Å². The van der Waals surface area contributed by atoms with Gasteiger partial charge in [0.05, 0.1) is 13.0 Å². The SMILES string of the molecule is COc1ccnc(C(=O)C[C@@H](C)C(=O)O[C@@H](C)[C@H](c2cccc(C)c2)C(C)C)c1OC(C)=O. The van der Waals surface area contributed by atoms with E-state index in [1.54, 1.807) is 6.92 Å². The van der Waals surface area contributed by atoms with Crippen molar-refractivity contribution in [3.05, 3.63) is 53.3 Å². The fourth-order valence-electron chi connectivity index (χ4n) is 3.94. The van der Waals surface area contributed by atoms with Crippen LogP contribution >= 0.6 is 0 Å². The number of pyridine rings is 1. The van der Waals surface area contributed by atoms with Crippen LogP contribution in [0.5, 0.6) is 11.5 Å². The summed E-state index contributed by atoms with van der Waals surface area (Å²) in [6.07, 6.45) is 0.874. The summed E-state index contributed by atoms with van der Waals surface area (Å²) in [7, 11) is 1.40. The van der Waals surface area contributed by atoms with Gasteiger partial charge in [0.25, 0.3) is 0 Å². The molecular weight excluding hydrogens is 422 g/mol. The van der Waals surface area contributed by atoms with Crippen LogP contribution in [0.4, 0.5) is 0 Å². The van der Waals surface area contributed by atoms with Gasteiger partial charge in [0.2, 0.25) is 5.75 Å². The smallest absolute Gasteiger partial charge is 0.309 e. The standard InChI is InChI=1S/C26H33NO6/c1-15(2)23(20-10-8-9-16(3)13-20)18(5)32-26(30)17(4)14-21(29)24-25(33-19(6)28)22(31-7)11-12-27-24/h8-13,15,17-18,23H,14H2,1-7H3/t17-,18+,23-/m1/s1. The lowest BCUT2D eigenvalue weighted by Crippen LogP contribution is -2.29. The lowest BCUT2D eigenvalue weighted by molar-refractivity contribution is -0.154. The van der Waals surface area contributed by atoms with Crippen molar-refractivity contribution >= 4 is 17.7 Å². The number of hydrogen-bond donors (Lipinski definition) is 0. The van der Waals surface area contributed by atoms with Crippen molar-refractivity contribution in [1.29, 1.82) is 0 Å². The van der Waals surface area contributed by atoms with Gasteiger partial charge in [0.15, 0.2) is 17.2 Å². The Labute approximate surface area is 195 Å². The van der Waals surface area contributed by atoms with Gasteiger partial charge in [-0.1, -0.05) is 50.6 Å². The Morgan fingerprint density at radius 2 is 1.76 bits per heavy atom. The van der Waals surface area contributed by atoms with Gasteiger partial charge in [-0.25, -0.2) is 4.98 Å². The van der Waals surface area contributed by atoms with Crippen LogP contribution in [-0.4, -0.2) is 35.9 Å². The zero-order valence-electron chi connectivity index (χ0n) is 20.4. The minimum Gasteiger partial charge on any atom is -0.493 e. The molecule has 0 fully saturated rings. The summed E-state index contributed by atoms with van der Waals surface area (Å²) in [5.74, 6) is -1.79. The van der Waals surface area contributed by atoms with Crippen LogP contribution in [0.15, 0.2) is 36.5 Å². The van der Waals surface area contributed by atoms with Crippen molar-refractivity contribution < 1.29 is 28.6 Å². The number of Topliss-reactive ketones (excluding diaryl/α,β-unsaturated/α-hetero) is 1. The summed E-state index contributed by atoms with van der Waals surface area (Å²) in [6, 6.07) is 9.67. The molecule has 0 unspecified atom stereocenters. The van der Waals surface area contributed by atoms with Crippen molar-refractivity contribution in [3.8, 4) is 11.5 Å². The lowest BCUT2D eigenvalue weighted by Gasteiger charge is -2.29. The maximum Gasteiger partial charge on any atom is 0.309 e. The van der Waals surface area contributed by atoms with E-state index in [1.807, 2.05) is 32.0 Å². The first-order valence-electron chi connectivity index (χ1n) is 11.1. The second-order valence-electron chi connectivity index (χ2n) is 8.64. The molecule has 0 aliphatic rings. The van der Waals surface area contributed by atoms with E-state index in [1.165, 1.54) is 26.3 Å². The van der Waals surface area contributed by atoms with E-state index < -0.39 is 23.6 Å². The Kier molecular flexibility index (Phi) is 9.14. The first-order valence-corrected chi connectivity index (χ1v) is 11.1. The first-order chi connectivity index (χ1) is 15.5. The Balaban J connectivity index is 2.14. The molecule has 0 aliphatic carbocycles. The zero-order valence-corrected chi connectivity index (χ0v) is 20.4. The number of carbonyl (C=O) groups is 3. The van der Waals surface area contributed by atoms with Gasteiger partial charge in [-0.05, 0) is 25.3 Å². The van der Waals surface area contributed by atoms with Gasteiger partial charge in [-0.15, -0.1) is 0 Å². The molecule has 0 N–H and O–H groups in total. The number of rotatable bonds is 10. The molecule has 1 heterocycles. The molecule has 1 aromatic carbocycles. The molecule has 2 aromatic rings. The van der Waals surface area contributed by atoms with Crippen molar-refractivity contribution in [2.45, 2.75) is 60.0 Å². The Morgan fingerprint density at radius 1 is 1.06 bits per heavy atom. The lowest BCUT2D eigenvalue weighted by atomic mass is 9.84. The van der Waals surface area contributed by atoms with Gasteiger partial charge >= 0.3 is 11.9 Å². The molecule has 1 aromatic heterocycles. The maximum atomic E-state index is 12.9. The van der Waals surface area contributed by atoms with Crippen LogP contribution in [-0.2, 0) is 14.3 Å². The van der Waals surface area contributed by atoms with E-state index in [0.717, 1.165) is 11.1 Å². The first kappa shape index (κ1) is 26.0. The number of benzene rings is 1. The van der Waals surface area contributed by atoms with Crippen molar-refractivity contribution in [3.63, 3.8) is 0 Å². The topological polar surface area (TPSA) is 91.8 Å². The summed E-state index contributed by atoms with van der Waals surface area (Å²) in [5.41, 5.74) is 2.20. The molecule has 0 saturated heterocycles. The molecule has 2 rings (SSSR count). The largest absolute Gasteiger partial charge is 0.493 e. The van der Waals surface area contributed by atoms with Gasteiger partial charge in [-0.2, -0.15) is 0 Å². The van der Waals surface area contributed by atoms with Gasteiger partial charge < -0.3 is 14.2 Å². The normalized spacial score (nSPS) is 13.7. The fourth-order valence-corrected chi connectivity index (χ4v) is 3.94. The number of ether oxygens (including phenoxy) is 3. The van der Waals surface area contributed by atoms with Crippen LogP contribution in [0.1, 0.15) is 68.6 Å². The highest BCUT2D eigenvalue weighted by Gasteiger charge is 2.30. The third-order valence-corrected chi connectivity index (χ3v) is 5.45. The second kappa shape index (κ2) is 11.6. The highest BCUT2D eigenvalue weighted by Crippen LogP contribution is 2.33. The highest BCUT2D eigenvalue weighted by atomic mass is 16.6. The summed E-state index contributed by atoms with van der Waals surface area (Å²) < 4.78 is 16.1. The molecule has 7 heteroatoms. The number of aryl methyl sites for hydroxylation is 1. The molecular formula is C26H33NO6. The summed E-state index contributed by atoms with van der Waals surface area (Å²) >= 11 is 0. The minimum absolute atomic E-state index is 0.0207. The number of carbonyl (C=O) groups excluding carboxylic acids is 3. The van der Waals surface area contributed by atoms with E-state index in [0.29, 0.717) is 0 Å².